The Hall–Kier alpha value is -0.100. The van der Waals surface area contributed by atoms with E-state index in [0.29, 0.717) is 4.34 Å². The third-order valence-corrected chi connectivity index (χ3v) is 4.31. The van der Waals surface area contributed by atoms with Crippen LogP contribution in [0.15, 0.2) is 12.1 Å². The number of halogens is 1. The van der Waals surface area contributed by atoms with Gasteiger partial charge in [-0.05, 0) is 26.0 Å². The van der Waals surface area contributed by atoms with Gasteiger partial charge in [0.05, 0.1) is 10.1 Å². The van der Waals surface area contributed by atoms with Gasteiger partial charge in [0.2, 0.25) is 10.0 Å². The largest absolute Gasteiger partial charge is 0.216 e. The highest BCUT2D eigenvalue weighted by atomic mass is 35.5. The van der Waals surface area contributed by atoms with E-state index in [9.17, 15) is 8.42 Å². The first-order chi connectivity index (χ1) is 6.39. The van der Waals surface area contributed by atoms with Crippen LogP contribution in [0.2, 0.25) is 4.34 Å². The van der Waals surface area contributed by atoms with E-state index in [0.717, 1.165) is 4.88 Å². The standard InChI is InChI=1S/C8H12ClNO2S2/c1-6(2)10-14(11,12)5-7-3-4-8(9)13-7/h3-4,6,10H,5H2,1-2H3. The van der Waals surface area contributed by atoms with Crippen molar-refractivity contribution in [2.45, 2.75) is 25.6 Å². The van der Waals surface area contributed by atoms with Crippen LogP contribution in [-0.2, 0) is 15.8 Å². The summed E-state index contributed by atoms with van der Waals surface area (Å²) in [5.41, 5.74) is 0. The molecule has 0 saturated heterocycles. The minimum Gasteiger partial charge on any atom is -0.212 e. The lowest BCUT2D eigenvalue weighted by Crippen LogP contribution is -2.31. The molecule has 1 N–H and O–H groups in total. The summed E-state index contributed by atoms with van der Waals surface area (Å²) in [6, 6.07) is 3.36. The Labute approximate surface area is 93.1 Å². The minimum absolute atomic E-state index is 0.00255. The molecule has 80 valence electrons. The van der Waals surface area contributed by atoms with Gasteiger partial charge >= 0.3 is 0 Å². The third kappa shape index (κ3) is 3.96. The first-order valence-corrected chi connectivity index (χ1v) is 6.98. The van der Waals surface area contributed by atoms with Crippen molar-refractivity contribution < 1.29 is 8.42 Å². The smallest absolute Gasteiger partial charge is 0.212 e. The molecule has 0 unspecified atom stereocenters. The predicted molar refractivity (Wildman–Crippen MR) is 60.2 cm³/mol. The fraction of sp³-hybridized carbons (Fsp3) is 0.500. The van der Waals surface area contributed by atoms with Gasteiger partial charge in [-0.15, -0.1) is 11.3 Å². The number of sulfonamides is 1. The molecule has 1 aromatic heterocycles. The van der Waals surface area contributed by atoms with Gasteiger partial charge in [-0.1, -0.05) is 11.6 Å². The normalized spacial score (nSPS) is 12.3. The van der Waals surface area contributed by atoms with Crippen molar-refractivity contribution in [1.82, 2.24) is 4.72 Å². The average molecular weight is 254 g/mol. The van der Waals surface area contributed by atoms with Crippen molar-refractivity contribution >= 4 is 33.0 Å². The maximum absolute atomic E-state index is 11.5. The maximum atomic E-state index is 11.5. The SMILES string of the molecule is CC(C)NS(=O)(=O)Cc1ccc(Cl)s1. The van der Waals surface area contributed by atoms with Crippen molar-refractivity contribution in [3.05, 3.63) is 21.3 Å². The second-order valence-electron chi connectivity index (χ2n) is 3.24. The van der Waals surface area contributed by atoms with Gasteiger partial charge in [0, 0.05) is 10.9 Å². The van der Waals surface area contributed by atoms with Gasteiger partial charge in [0.15, 0.2) is 0 Å². The quantitative estimate of drug-likeness (QED) is 0.895. The van der Waals surface area contributed by atoms with Crippen LogP contribution in [-0.4, -0.2) is 14.5 Å². The lowest BCUT2D eigenvalue weighted by molar-refractivity contribution is 0.569. The van der Waals surface area contributed by atoms with E-state index < -0.39 is 10.0 Å². The Morgan fingerprint density at radius 3 is 2.57 bits per heavy atom. The molecule has 0 aliphatic carbocycles. The van der Waals surface area contributed by atoms with Crippen molar-refractivity contribution in [1.29, 1.82) is 0 Å². The van der Waals surface area contributed by atoms with Gasteiger partial charge in [0.1, 0.15) is 0 Å². The van der Waals surface area contributed by atoms with E-state index in [2.05, 4.69) is 4.72 Å². The summed E-state index contributed by atoms with van der Waals surface area (Å²) in [6.07, 6.45) is 0. The first-order valence-electron chi connectivity index (χ1n) is 4.13. The zero-order valence-electron chi connectivity index (χ0n) is 7.95. The monoisotopic (exact) mass is 253 g/mol. The maximum Gasteiger partial charge on any atom is 0.216 e. The van der Waals surface area contributed by atoms with E-state index >= 15 is 0 Å². The van der Waals surface area contributed by atoms with E-state index in [1.54, 1.807) is 26.0 Å². The fourth-order valence-corrected chi connectivity index (χ4v) is 3.87. The Kier molecular flexibility index (Phi) is 3.94. The molecule has 14 heavy (non-hydrogen) atoms. The summed E-state index contributed by atoms with van der Waals surface area (Å²) in [5.74, 6) is 0.00255. The van der Waals surface area contributed by atoms with Gasteiger partial charge in [-0.3, -0.25) is 0 Å². The summed E-state index contributed by atoms with van der Waals surface area (Å²) in [5, 5.41) is 0. The number of rotatable bonds is 4. The Balaban J connectivity index is 2.69. The summed E-state index contributed by atoms with van der Waals surface area (Å²) in [4.78, 5) is 0.753. The Bertz CT molecular complexity index is 397. The molecule has 0 saturated carbocycles. The summed E-state index contributed by atoms with van der Waals surface area (Å²) in [7, 11) is -3.22. The van der Waals surface area contributed by atoms with Crippen LogP contribution in [0, 0.1) is 0 Å². The average Bonchev–Trinajstić information content (AvgIpc) is 2.30. The molecule has 1 rings (SSSR count). The van der Waals surface area contributed by atoms with Crippen LogP contribution in [0.25, 0.3) is 0 Å². The van der Waals surface area contributed by atoms with Crippen LogP contribution in [0.4, 0.5) is 0 Å². The van der Waals surface area contributed by atoms with E-state index in [-0.39, 0.29) is 11.8 Å². The number of thiophene rings is 1. The fourth-order valence-electron chi connectivity index (χ4n) is 1.02. The number of nitrogens with one attached hydrogen (secondary N) is 1. The highest BCUT2D eigenvalue weighted by Gasteiger charge is 2.13. The van der Waals surface area contributed by atoms with E-state index in [4.69, 9.17) is 11.6 Å². The van der Waals surface area contributed by atoms with Crippen LogP contribution < -0.4 is 4.72 Å². The number of hydrogen-bond acceptors (Lipinski definition) is 3. The van der Waals surface area contributed by atoms with Crippen molar-refractivity contribution in [3.63, 3.8) is 0 Å². The molecular weight excluding hydrogens is 242 g/mol. The zero-order chi connectivity index (χ0) is 10.8. The van der Waals surface area contributed by atoms with Crippen molar-refractivity contribution in [2.75, 3.05) is 0 Å². The molecule has 0 amide bonds. The van der Waals surface area contributed by atoms with Gasteiger partial charge < -0.3 is 0 Å². The molecule has 0 fully saturated rings. The van der Waals surface area contributed by atoms with Crippen LogP contribution in [0.5, 0.6) is 0 Å². The molecule has 0 aromatic carbocycles. The highest BCUT2D eigenvalue weighted by Crippen LogP contribution is 2.22. The second-order valence-corrected chi connectivity index (χ2v) is 6.79. The predicted octanol–water partition coefficient (Wildman–Crippen LogP) is 2.23. The van der Waals surface area contributed by atoms with Gasteiger partial charge in [-0.2, -0.15) is 0 Å². The summed E-state index contributed by atoms with van der Waals surface area (Å²) in [6.45, 7) is 3.58. The molecule has 1 aromatic rings. The van der Waals surface area contributed by atoms with Gasteiger partial charge in [0.25, 0.3) is 0 Å². The molecule has 1 heterocycles. The molecular formula is C8H12ClNO2S2. The molecule has 0 bridgehead atoms. The van der Waals surface area contributed by atoms with Crippen LogP contribution in [0.1, 0.15) is 18.7 Å². The van der Waals surface area contributed by atoms with Crippen LogP contribution >= 0.6 is 22.9 Å². The first kappa shape index (κ1) is 12.0. The second kappa shape index (κ2) is 4.61. The molecule has 0 aliphatic rings. The van der Waals surface area contributed by atoms with E-state index in [1.165, 1.54) is 11.3 Å². The molecule has 0 atom stereocenters. The van der Waals surface area contributed by atoms with Gasteiger partial charge in [-0.25, -0.2) is 13.1 Å². The topological polar surface area (TPSA) is 46.2 Å². The zero-order valence-corrected chi connectivity index (χ0v) is 10.3. The summed E-state index contributed by atoms with van der Waals surface area (Å²) < 4.78 is 26.1. The van der Waals surface area contributed by atoms with Crippen LogP contribution in [0.3, 0.4) is 0 Å². The Morgan fingerprint density at radius 2 is 2.14 bits per heavy atom. The van der Waals surface area contributed by atoms with E-state index in [1.807, 2.05) is 0 Å². The third-order valence-electron chi connectivity index (χ3n) is 1.38. The van der Waals surface area contributed by atoms with Crippen molar-refractivity contribution in [2.24, 2.45) is 0 Å². The molecule has 0 radical (unpaired) electrons. The highest BCUT2D eigenvalue weighted by molar-refractivity contribution is 7.88. The molecule has 0 aliphatic heterocycles. The Morgan fingerprint density at radius 1 is 1.50 bits per heavy atom. The molecule has 0 spiro atoms. The number of hydrogen-bond donors (Lipinski definition) is 1. The lowest BCUT2D eigenvalue weighted by Gasteiger charge is -2.07. The lowest BCUT2D eigenvalue weighted by atomic mass is 10.4. The molecule has 3 nitrogen and oxygen atoms in total. The molecule has 6 heteroatoms. The van der Waals surface area contributed by atoms with Crippen molar-refractivity contribution in [3.8, 4) is 0 Å². The minimum atomic E-state index is -3.22. The summed E-state index contributed by atoms with van der Waals surface area (Å²) >= 11 is 6.99.